The highest BCUT2D eigenvalue weighted by atomic mass is 16.5. The van der Waals surface area contributed by atoms with Crippen molar-refractivity contribution in [2.45, 2.75) is 32.9 Å². The van der Waals surface area contributed by atoms with E-state index in [0.29, 0.717) is 44.8 Å². The molecule has 1 amide bonds. The third kappa shape index (κ3) is 4.52. The lowest BCUT2D eigenvalue weighted by molar-refractivity contribution is -0.125. The molecule has 0 unspecified atom stereocenters. The molecule has 1 saturated heterocycles. The molecule has 1 aromatic heterocycles. The molecule has 2 aromatic rings. The molecule has 8 heteroatoms. The summed E-state index contributed by atoms with van der Waals surface area (Å²) in [7, 11) is 3.11. The molecule has 1 fully saturated rings. The molecule has 1 aliphatic rings. The smallest absolute Gasteiger partial charge is 0.332 e. The van der Waals surface area contributed by atoms with E-state index in [1.807, 2.05) is 36.1 Å². The number of amides is 1. The number of piperidine rings is 1. The second-order valence-electron chi connectivity index (χ2n) is 7.25. The minimum atomic E-state index is -0.311. The van der Waals surface area contributed by atoms with Crippen molar-refractivity contribution in [2.24, 2.45) is 13.0 Å². The fourth-order valence-corrected chi connectivity index (χ4v) is 3.67. The number of hydrogen-bond donors (Lipinski definition) is 1. The fraction of sp³-hybridized carbons (Fsp3) is 0.476. The zero-order valence-corrected chi connectivity index (χ0v) is 17.2. The normalized spacial score (nSPS) is 14.7. The van der Waals surface area contributed by atoms with Gasteiger partial charge in [0.2, 0.25) is 5.91 Å². The van der Waals surface area contributed by atoms with Crippen LogP contribution in [0.5, 0.6) is 5.75 Å². The highest BCUT2D eigenvalue weighted by Crippen LogP contribution is 2.22. The molecule has 8 nitrogen and oxygen atoms in total. The minimum absolute atomic E-state index is 0.0392. The number of ether oxygens (including phenoxy) is 1. The van der Waals surface area contributed by atoms with Crippen molar-refractivity contribution in [1.82, 2.24) is 14.5 Å². The molecule has 0 radical (unpaired) electrons. The molecule has 0 spiro atoms. The number of nitrogens with one attached hydrogen (secondary N) is 1. The van der Waals surface area contributed by atoms with Crippen molar-refractivity contribution in [1.29, 1.82) is 0 Å². The van der Waals surface area contributed by atoms with Gasteiger partial charge in [-0.2, -0.15) is 0 Å². The van der Waals surface area contributed by atoms with Crippen LogP contribution in [-0.4, -0.2) is 35.2 Å². The second kappa shape index (κ2) is 8.98. The quantitative estimate of drug-likeness (QED) is 0.785. The van der Waals surface area contributed by atoms with E-state index in [2.05, 4.69) is 5.32 Å². The number of nitrogens with zero attached hydrogens (tertiary/aromatic N) is 3. The number of anilines is 1. The molecule has 3 rings (SSSR count). The van der Waals surface area contributed by atoms with Gasteiger partial charge in [0, 0.05) is 45.2 Å². The Hall–Kier alpha value is -3.03. The van der Waals surface area contributed by atoms with Crippen LogP contribution in [0.2, 0.25) is 0 Å². The van der Waals surface area contributed by atoms with Crippen LogP contribution in [0.15, 0.2) is 39.9 Å². The highest BCUT2D eigenvalue weighted by molar-refractivity contribution is 5.79. The number of rotatable bonds is 6. The summed E-state index contributed by atoms with van der Waals surface area (Å²) in [6.07, 6.45) is 1.36. The van der Waals surface area contributed by atoms with Crippen LogP contribution in [0.4, 0.5) is 5.82 Å². The van der Waals surface area contributed by atoms with E-state index in [1.165, 1.54) is 13.1 Å². The predicted octanol–water partition coefficient (Wildman–Crippen LogP) is 1.11. The lowest BCUT2D eigenvalue weighted by Gasteiger charge is -2.34. The predicted molar refractivity (Wildman–Crippen MR) is 111 cm³/mol. The zero-order chi connectivity index (χ0) is 21.0. The van der Waals surface area contributed by atoms with Crippen LogP contribution >= 0.6 is 0 Å². The lowest BCUT2D eigenvalue weighted by Crippen LogP contribution is -2.45. The first kappa shape index (κ1) is 20.7. The Bertz CT molecular complexity index is 970. The zero-order valence-electron chi connectivity index (χ0n) is 17.2. The summed E-state index contributed by atoms with van der Waals surface area (Å²) in [6, 6.07) is 9.12. The maximum absolute atomic E-state index is 12.6. The van der Waals surface area contributed by atoms with E-state index >= 15 is 0 Å². The molecule has 1 aliphatic heterocycles. The maximum Gasteiger partial charge on any atom is 0.332 e. The van der Waals surface area contributed by atoms with Gasteiger partial charge in [-0.1, -0.05) is 12.1 Å². The van der Waals surface area contributed by atoms with E-state index in [0.717, 1.165) is 15.9 Å². The van der Waals surface area contributed by atoms with Gasteiger partial charge in [0.15, 0.2) is 0 Å². The van der Waals surface area contributed by atoms with E-state index in [9.17, 15) is 14.4 Å². The van der Waals surface area contributed by atoms with Crippen LogP contribution in [0.25, 0.3) is 0 Å². The molecular formula is C21H28N4O4. The van der Waals surface area contributed by atoms with Gasteiger partial charge in [-0.05, 0) is 37.5 Å². The molecule has 0 saturated carbocycles. The first-order valence-electron chi connectivity index (χ1n) is 9.91. The summed E-state index contributed by atoms with van der Waals surface area (Å²) in [6.45, 7) is 4.12. The summed E-state index contributed by atoms with van der Waals surface area (Å²) in [5.41, 5.74) is 0.395. The molecular weight excluding hydrogens is 372 g/mol. The Labute approximate surface area is 169 Å². The first-order valence-corrected chi connectivity index (χ1v) is 9.91. The van der Waals surface area contributed by atoms with Gasteiger partial charge in [-0.25, -0.2) is 4.79 Å². The molecule has 0 aliphatic carbocycles. The van der Waals surface area contributed by atoms with Crippen LogP contribution in [0.1, 0.15) is 25.3 Å². The Kier molecular flexibility index (Phi) is 6.41. The average Bonchev–Trinajstić information content (AvgIpc) is 2.76. The van der Waals surface area contributed by atoms with Gasteiger partial charge in [-0.15, -0.1) is 0 Å². The fourth-order valence-electron chi connectivity index (χ4n) is 3.67. The van der Waals surface area contributed by atoms with Gasteiger partial charge in [-0.3, -0.25) is 18.7 Å². The van der Waals surface area contributed by atoms with Crippen LogP contribution in [0, 0.1) is 5.92 Å². The first-order chi connectivity index (χ1) is 13.9. The van der Waals surface area contributed by atoms with Gasteiger partial charge in [0.1, 0.15) is 11.6 Å². The van der Waals surface area contributed by atoms with E-state index in [4.69, 9.17) is 4.74 Å². The molecule has 2 heterocycles. The SMILES string of the molecule is CCn1c(N2CCC(C(=O)NCc3ccc(OC)cc3)CC2)cc(=O)n(C)c1=O. The Balaban J connectivity index is 1.59. The molecule has 156 valence electrons. The van der Waals surface area contributed by atoms with Crippen molar-refractivity contribution >= 4 is 11.7 Å². The van der Waals surface area contributed by atoms with Gasteiger partial charge in [0.25, 0.3) is 5.56 Å². The van der Waals surface area contributed by atoms with Crippen molar-refractivity contribution in [3.63, 3.8) is 0 Å². The van der Waals surface area contributed by atoms with Crippen molar-refractivity contribution in [2.75, 3.05) is 25.1 Å². The number of methoxy groups -OCH3 is 1. The maximum atomic E-state index is 12.6. The monoisotopic (exact) mass is 400 g/mol. The third-order valence-corrected chi connectivity index (χ3v) is 5.51. The van der Waals surface area contributed by atoms with E-state index in [-0.39, 0.29) is 23.1 Å². The van der Waals surface area contributed by atoms with Gasteiger partial charge >= 0.3 is 5.69 Å². The molecule has 1 N–H and O–H groups in total. The molecule has 0 atom stereocenters. The summed E-state index contributed by atoms with van der Waals surface area (Å²) < 4.78 is 7.86. The number of carbonyl (C=O) groups is 1. The Morgan fingerprint density at radius 1 is 1.17 bits per heavy atom. The summed E-state index contributed by atoms with van der Waals surface area (Å²) in [5, 5.41) is 3.00. The topological polar surface area (TPSA) is 85.6 Å². The Morgan fingerprint density at radius 2 is 1.83 bits per heavy atom. The van der Waals surface area contributed by atoms with Crippen LogP contribution < -0.4 is 26.2 Å². The Morgan fingerprint density at radius 3 is 2.41 bits per heavy atom. The number of aromatic nitrogens is 2. The standard InChI is InChI=1S/C21H28N4O4/c1-4-25-18(13-19(26)23(2)21(25)28)24-11-9-16(10-12-24)20(27)22-14-15-5-7-17(29-3)8-6-15/h5-8,13,16H,4,9-12,14H2,1-3H3,(H,22,27). The summed E-state index contributed by atoms with van der Waals surface area (Å²) in [5.74, 6) is 1.39. The van der Waals surface area contributed by atoms with Crippen molar-refractivity contribution in [3.8, 4) is 5.75 Å². The van der Waals surface area contributed by atoms with Crippen LogP contribution in [0.3, 0.4) is 0 Å². The molecule has 1 aromatic carbocycles. The molecule has 29 heavy (non-hydrogen) atoms. The van der Waals surface area contributed by atoms with Crippen molar-refractivity contribution < 1.29 is 9.53 Å². The summed E-state index contributed by atoms with van der Waals surface area (Å²) in [4.78, 5) is 39.0. The van der Waals surface area contributed by atoms with Crippen molar-refractivity contribution in [3.05, 3.63) is 56.7 Å². The van der Waals surface area contributed by atoms with Gasteiger partial charge < -0.3 is 15.0 Å². The van der Waals surface area contributed by atoms with E-state index in [1.54, 1.807) is 11.7 Å². The second-order valence-corrected chi connectivity index (χ2v) is 7.25. The average molecular weight is 400 g/mol. The number of benzene rings is 1. The minimum Gasteiger partial charge on any atom is -0.497 e. The van der Waals surface area contributed by atoms with Crippen LogP contribution in [-0.2, 0) is 24.9 Å². The largest absolute Gasteiger partial charge is 0.497 e. The highest BCUT2D eigenvalue weighted by Gasteiger charge is 2.26. The van der Waals surface area contributed by atoms with E-state index < -0.39 is 0 Å². The lowest BCUT2D eigenvalue weighted by atomic mass is 9.95. The number of carbonyl (C=O) groups excluding carboxylic acids is 1. The number of hydrogen-bond acceptors (Lipinski definition) is 5. The molecule has 0 bridgehead atoms. The summed E-state index contributed by atoms with van der Waals surface area (Å²) >= 11 is 0. The third-order valence-electron chi connectivity index (χ3n) is 5.51. The van der Waals surface area contributed by atoms with Gasteiger partial charge in [0.05, 0.1) is 7.11 Å².